The quantitative estimate of drug-likeness (QED) is 0.804. The maximum atomic E-state index is 12.5. The first kappa shape index (κ1) is 13.8. The standard InChI is InChI=1S/C16H13N3O3/c1-18(13-6-8-19-9-7-17-14(19)10-13)15(20)11-2-4-12(5-3-11)16(21)22/h2-10H,1H3,(H,21,22). The molecule has 1 aromatic carbocycles. The van der Waals surface area contributed by atoms with E-state index in [1.54, 1.807) is 13.2 Å². The molecule has 0 aliphatic heterocycles. The van der Waals surface area contributed by atoms with Gasteiger partial charge in [0.2, 0.25) is 0 Å². The van der Waals surface area contributed by atoms with E-state index in [1.165, 1.54) is 29.2 Å². The lowest BCUT2D eigenvalue weighted by Crippen LogP contribution is -2.26. The molecule has 0 radical (unpaired) electrons. The van der Waals surface area contributed by atoms with E-state index in [-0.39, 0.29) is 11.5 Å². The van der Waals surface area contributed by atoms with Crippen molar-refractivity contribution >= 4 is 23.2 Å². The molecule has 3 rings (SSSR count). The van der Waals surface area contributed by atoms with Crippen LogP contribution < -0.4 is 4.90 Å². The van der Waals surface area contributed by atoms with Crippen molar-refractivity contribution < 1.29 is 14.7 Å². The number of carboxylic acids is 1. The molecule has 0 atom stereocenters. The summed E-state index contributed by atoms with van der Waals surface area (Å²) in [5, 5.41) is 8.88. The zero-order valence-electron chi connectivity index (χ0n) is 11.8. The minimum atomic E-state index is -1.02. The number of amides is 1. The van der Waals surface area contributed by atoms with Crippen LogP contribution in [0.25, 0.3) is 5.65 Å². The Morgan fingerprint density at radius 1 is 1.09 bits per heavy atom. The number of aromatic nitrogens is 2. The normalized spacial score (nSPS) is 10.6. The minimum Gasteiger partial charge on any atom is -0.478 e. The van der Waals surface area contributed by atoms with Crippen LogP contribution in [0, 0.1) is 0 Å². The van der Waals surface area contributed by atoms with Gasteiger partial charge < -0.3 is 14.4 Å². The summed E-state index contributed by atoms with van der Waals surface area (Å²) in [4.78, 5) is 29.0. The van der Waals surface area contributed by atoms with Crippen molar-refractivity contribution in [2.24, 2.45) is 0 Å². The molecule has 0 aliphatic carbocycles. The third kappa shape index (κ3) is 2.42. The largest absolute Gasteiger partial charge is 0.478 e. The molecule has 0 spiro atoms. The minimum absolute atomic E-state index is 0.151. The van der Waals surface area contributed by atoms with Crippen molar-refractivity contribution in [2.45, 2.75) is 0 Å². The van der Waals surface area contributed by atoms with Crippen LogP contribution in [-0.4, -0.2) is 33.4 Å². The van der Waals surface area contributed by atoms with Crippen LogP contribution in [0.15, 0.2) is 55.0 Å². The average molecular weight is 295 g/mol. The number of fused-ring (bicyclic) bond motifs is 1. The lowest BCUT2D eigenvalue weighted by Gasteiger charge is -2.17. The Morgan fingerprint density at radius 3 is 2.45 bits per heavy atom. The van der Waals surface area contributed by atoms with Crippen LogP contribution in [-0.2, 0) is 0 Å². The Balaban J connectivity index is 1.88. The second kappa shape index (κ2) is 5.33. The van der Waals surface area contributed by atoms with Crippen molar-refractivity contribution in [1.82, 2.24) is 9.38 Å². The number of rotatable bonds is 3. The number of imidazole rings is 1. The topological polar surface area (TPSA) is 74.9 Å². The van der Waals surface area contributed by atoms with E-state index in [0.717, 1.165) is 5.65 Å². The number of carboxylic acid groups (broad SMARTS) is 1. The molecule has 0 fully saturated rings. The second-order valence-electron chi connectivity index (χ2n) is 4.82. The fourth-order valence-corrected chi connectivity index (χ4v) is 2.17. The summed E-state index contributed by atoms with van der Waals surface area (Å²) in [6.07, 6.45) is 5.34. The molecule has 2 aromatic heterocycles. The molecule has 6 heteroatoms. The highest BCUT2D eigenvalue weighted by Crippen LogP contribution is 2.17. The third-order valence-electron chi connectivity index (χ3n) is 3.45. The molecular formula is C16H13N3O3. The number of anilines is 1. The van der Waals surface area contributed by atoms with Crippen molar-refractivity contribution in [3.8, 4) is 0 Å². The zero-order chi connectivity index (χ0) is 15.7. The van der Waals surface area contributed by atoms with Crippen molar-refractivity contribution in [1.29, 1.82) is 0 Å². The first-order valence-corrected chi connectivity index (χ1v) is 6.60. The van der Waals surface area contributed by atoms with Crippen molar-refractivity contribution in [3.63, 3.8) is 0 Å². The van der Waals surface area contributed by atoms with Crippen LogP contribution in [0.3, 0.4) is 0 Å². The molecule has 1 N–H and O–H groups in total. The smallest absolute Gasteiger partial charge is 0.335 e. The molecular weight excluding hydrogens is 282 g/mol. The van der Waals surface area contributed by atoms with E-state index in [2.05, 4.69) is 4.98 Å². The van der Waals surface area contributed by atoms with Crippen molar-refractivity contribution in [2.75, 3.05) is 11.9 Å². The van der Waals surface area contributed by atoms with Gasteiger partial charge >= 0.3 is 5.97 Å². The number of hydrogen-bond donors (Lipinski definition) is 1. The van der Waals surface area contributed by atoms with Gasteiger partial charge in [0.25, 0.3) is 5.91 Å². The van der Waals surface area contributed by atoms with Crippen LogP contribution in [0.2, 0.25) is 0 Å². The molecule has 0 saturated carbocycles. The van der Waals surface area contributed by atoms with Gasteiger partial charge in [-0.2, -0.15) is 0 Å². The van der Waals surface area contributed by atoms with Gasteiger partial charge in [-0.3, -0.25) is 4.79 Å². The third-order valence-corrected chi connectivity index (χ3v) is 3.45. The highest BCUT2D eigenvalue weighted by Gasteiger charge is 2.14. The van der Waals surface area contributed by atoms with Gasteiger partial charge in [-0.25, -0.2) is 9.78 Å². The van der Waals surface area contributed by atoms with Crippen molar-refractivity contribution in [3.05, 3.63) is 66.1 Å². The maximum absolute atomic E-state index is 12.5. The van der Waals surface area contributed by atoms with Crippen LogP contribution in [0.4, 0.5) is 5.69 Å². The Kier molecular flexibility index (Phi) is 3.34. The summed E-state index contributed by atoms with van der Waals surface area (Å²) in [6, 6.07) is 9.48. The molecule has 6 nitrogen and oxygen atoms in total. The lowest BCUT2D eigenvalue weighted by molar-refractivity contribution is 0.0696. The van der Waals surface area contributed by atoms with Gasteiger partial charge in [0.05, 0.1) is 5.56 Å². The Labute approximate surface area is 126 Å². The number of pyridine rings is 1. The van der Waals surface area contributed by atoms with E-state index in [0.29, 0.717) is 11.3 Å². The summed E-state index contributed by atoms with van der Waals surface area (Å²) in [5.41, 5.74) is 2.04. The summed E-state index contributed by atoms with van der Waals surface area (Å²) in [5.74, 6) is -1.23. The number of carbonyl (C=O) groups is 2. The predicted octanol–water partition coefficient (Wildman–Crippen LogP) is 2.31. The van der Waals surface area contributed by atoms with Gasteiger partial charge in [0.1, 0.15) is 5.65 Å². The van der Waals surface area contributed by atoms with Gasteiger partial charge in [-0.05, 0) is 30.3 Å². The van der Waals surface area contributed by atoms with Crippen LogP contribution in [0.5, 0.6) is 0 Å². The summed E-state index contributed by atoms with van der Waals surface area (Å²) >= 11 is 0. The zero-order valence-corrected chi connectivity index (χ0v) is 11.8. The van der Waals surface area contributed by atoms with E-state index in [9.17, 15) is 9.59 Å². The Morgan fingerprint density at radius 2 is 1.77 bits per heavy atom. The van der Waals surface area contributed by atoms with Gasteiger partial charge in [0.15, 0.2) is 0 Å². The highest BCUT2D eigenvalue weighted by atomic mass is 16.4. The summed E-state index contributed by atoms with van der Waals surface area (Å²) in [7, 11) is 1.67. The first-order chi connectivity index (χ1) is 10.6. The van der Waals surface area contributed by atoms with E-state index < -0.39 is 5.97 Å². The molecule has 0 unspecified atom stereocenters. The fraction of sp³-hybridized carbons (Fsp3) is 0.0625. The molecule has 110 valence electrons. The van der Waals surface area contributed by atoms with E-state index >= 15 is 0 Å². The Hall–Kier alpha value is -3.15. The average Bonchev–Trinajstić information content (AvgIpc) is 3.01. The highest BCUT2D eigenvalue weighted by molar-refractivity contribution is 6.06. The second-order valence-corrected chi connectivity index (χ2v) is 4.82. The molecule has 3 aromatic rings. The predicted molar refractivity (Wildman–Crippen MR) is 81.3 cm³/mol. The summed E-state index contributed by atoms with van der Waals surface area (Å²) < 4.78 is 1.85. The number of hydrogen-bond acceptors (Lipinski definition) is 3. The summed E-state index contributed by atoms with van der Waals surface area (Å²) in [6.45, 7) is 0. The maximum Gasteiger partial charge on any atom is 0.335 e. The number of aromatic carboxylic acids is 1. The monoisotopic (exact) mass is 295 g/mol. The lowest BCUT2D eigenvalue weighted by atomic mass is 10.1. The number of benzene rings is 1. The first-order valence-electron chi connectivity index (χ1n) is 6.60. The SMILES string of the molecule is CN(C(=O)c1ccc(C(=O)O)cc1)c1ccn2ccnc2c1. The van der Waals surface area contributed by atoms with Gasteiger partial charge in [-0.15, -0.1) is 0 Å². The fourth-order valence-electron chi connectivity index (χ4n) is 2.17. The van der Waals surface area contributed by atoms with E-state index in [4.69, 9.17) is 5.11 Å². The van der Waals surface area contributed by atoms with Crippen LogP contribution >= 0.6 is 0 Å². The Bertz CT molecular complexity index is 852. The van der Waals surface area contributed by atoms with Gasteiger partial charge in [-0.1, -0.05) is 0 Å². The molecule has 22 heavy (non-hydrogen) atoms. The van der Waals surface area contributed by atoms with Crippen LogP contribution in [0.1, 0.15) is 20.7 Å². The molecule has 0 saturated heterocycles. The van der Waals surface area contributed by atoms with E-state index in [1.807, 2.05) is 28.9 Å². The molecule has 0 aliphatic rings. The number of nitrogens with zero attached hydrogens (tertiary/aromatic N) is 3. The number of carbonyl (C=O) groups excluding carboxylic acids is 1. The molecule has 0 bridgehead atoms. The molecule has 1 amide bonds. The molecule has 2 heterocycles. The van der Waals surface area contributed by atoms with Gasteiger partial charge in [0, 0.05) is 43.0 Å².